The zero-order valence-electron chi connectivity index (χ0n) is 18.6. The standard InChI is InChI=1S/C25H24FN3O4S/c1-34-19(6-4-5-11-29-23(30)20-7-2-3-8-21(20)24(29)31)15-33-25(32)28-22-13-17-12-18(26)10-9-16(17)14-27-22/h2-3,7-10,12-14,19H,4-6,11,15H2,1H3,(H,27,28,32). The summed E-state index contributed by atoms with van der Waals surface area (Å²) in [7, 11) is 0. The second-order valence-electron chi connectivity index (χ2n) is 7.95. The predicted molar refractivity (Wildman–Crippen MR) is 130 cm³/mol. The maximum absolute atomic E-state index is 13.4. The normalized spacial score (nSPS) is 13.8. The van der Waals surface area contributed by atoms with E-state index in [1.54, 1.807) is 54.4 Å². The fraction of sp³-hybridized carbons (Fsp3) is 0.280. The molecule has 2 aromatic carbocycles. The van der Waals surface area contributed by atoms with Gasteiger partial charge >= 0.3 is 6.09 Å². The molecular weight excluding hydrogens is 457 g/mol. The van der Waals surface area contributed by atoms with Crippen LogP contribution in [0.15, 0.2) is 54.7 Å². The van der Waals surface area contributed by atoms with E-state index in [-0.39, 0.29) is 35.3 Å². The quantitative estimate of drug-likeness (QED) is 0.337. The highest BCUT2D eigenvalue weighted by atomic mass is 32.2. The van der Waals surface area contributed by atoms with Crippen molar-refractivity contribution in [3.8, 4) is 0 Å². The van der Waals surface area contributed by atoms with Crippen LogP contribution in [0.2, 0.25) is 0 Å². The summed E-state index contributed by atoms with van der Waals surface area (Å²) in [4.78, 5) is 42.5. The first kappa shape index (κ1) is 23.7. The molecule has 1 aromatic heterocycles. The van der Waals surface area contributed by atoms with Crippen LogP contribution in [0.1, 0.15) is 40.0 Å². The molecule has 0 saturated heterocycles. The average molecular weight is 482 g/mol. The molecule has 3 aromatic rings. The number of fused-ring (bicyclic) bond motifs is 2. The fourth-order valence-corrected chi connectivity index (χ4v) is 4.45. The van der Waals surface area contributed by atoms with E-state index in [0.717, 1.165) is 18.2 Å². The number of hydrogen-bond acceptors (Lipinski definition) is 6. The molecule has 0 radical (unpaired) electrons. The number of halogens is 1. The largest absolute Gasteiger partial charge is 0.448 e. The number of thioether (sulfide) groups is 1. The van der Waals surface area contributed by atoms with Gasteiger partial charge in [0.2, 0.25) is 0 Å². The lowest BCUT2D eigenvalue weighted by molar-refractivity contribution is 0.0651. The van der Waals surface area contributed by atoms with Gasteiger partial charge in [0.1, 0.15) is 18.2 Å². The Balaban J connectivity index is 1.20. The number of nitrogens with zero attached hydrogens (tertiary/aromatic N) is 2. The maximum atomic E-state index is 13.4. The minimum Gasteiger partial charge on any atom is -0.448 e. The lowest BCUT2D eigenvalue weighted by Crippen LogP contribution is -2.30. The molecule has 4 rings (SSSR count). The third-order valence-corrected chi connectivity index (χ3v) is 6.72. The van der Waals surface area contributed by atoms with Crippen molar-refractivity contribution in [1.29, 1.82) is 0 Å². The molecule has 1 aliphatic rings. The number of rotatable bonds is 9. The zero-order valence-corrected chi connectivity index (χ0v) is 19.4. The van der Waals surface area contributed by atoms with Crippen LogP contribution in [0, 0.1) is 5.82 Å². The number of amides is 3. The van der Waals surface area contributed by atoms with Crippen molar-refractivity contribution in [2.75, 3.05) is 24.7 Å². The van der Waals surface area contributed by atoms with Gasteiger partial charge < -0.3 is 4.74 Å². The van der Waals surface area contributed by atoms with Crippen LogP contribution in [0.4, 0.5) is 15.0 Å². The number of nitrogens with one attached hydrogen (secondary N) is 1. The molecule has 9 heteroatoms. The Morgan fingerprint density at radius 3 is 2.53 bits per heavy atom. The monoisotopic (exact) mass is 481 g/mol. The molecule has 2 heterocycles. The summed E-state index contributed by atoms with van der Waals surface area (Å²) in [6.45, 7) is 0.575. The number of carbonyl (C=O) groups is 3. The van der Waals surface area contributed by atoms with Gasteiger partial charge in [0.05, 0.1) is 11.1 Å². The Morgan fingerprint density at radius 1 is 1.09 bits per heavy atom. The Kier molecular flexibility index (Phi) is 7.42. The predicted octanol–water partition coefficient (Wildman–Crippen LogP) is 5.12. The second kappa shape index (κ2) is 10.6. The van der Waals surface area contributed by atoms with E-state index in [4.69, 9.17) is 4.74 Å². The minimum atomic E-state index is -0.631. The minimum absolute atomic E-state index is 0.0755. The first-order chi connectivity index (χ1) is 16.5. The number of ether oxygens (including phenoxy) is 1. The maximum Gasteiger partial charge on any atom is 0.412 e. The topological polar surface area (TPSA) is 88.6 Å². The highest BCUT2D eigenvalue weighted by Crippen LogP contribution is 2.23. The molecule has 0 saturated carbocycles. The molecule has 34 heavy (non-hydrogen) atoms. The van der Waals surface area contributed by atoms with E-state index in [1.165, 1.54) is 17.0 Å². The van der Waals surface area contributed by atoms with Gasteiger partial charge in [-0.3, -0.25) is 19.8 Å². The van der Waals surface area contributed by atoms with Crippen molar-refractivity contribution < 1.29 is 23.5 Å². The molecule has 1 atom stereocenters. The molecule has 0 aliphatic carbocycles. The van der Waals surface area contributed by atoms with Gasteiger partial charge in [-0.15, -0.1) is 0 Å². The summed E-state index contributed by atoms with van der Waals surface area (Å²) in [5.41, 5.74) is 0.917. The van der Waals surface area contributed by atoms with Gasteiger partial charge in [-0.25, -0.2) is 14.2 Å². The van der Waals surface area contributed by atoms with Crippen LogP contribution in [-0.2, 0) is 4.74 Å². The van der Waals surface area contributed by atoms with Crippen molar-refractivity contribution in [3.63, 3.8) is 0 Å². The van der Waals surface area contributed by atoms with E-state index in [9.17, 15) is 18.8 Å². The van der Waals surface area contributed by atoms with Gasteiger partial charge in [0.25, 0.3) is 11.8 Å². The first-order valence-electron chi connectivity index (χ1n) is 10.9. The van der Waals surface area contributed by atoms with Crippen molar-refractivity contribution >= 4 is 46.3 Å². The fourth-order valence-electron chi connectivity index (χ4n) is 3.84. The summed E-state index contributed by atoms with van der Waals surface area (Å²) < 4.78 is 18.8. The van der Waals surface area contributed by atoms with Gasteiger partial charge in [-0.2, -0.15) is 11.8 Å². The Hall–Kier alpha value is -3.46. The summed E-state index contributed by atoms with van der Waals surface area (Å²) in [6.07, 6.45) is 5.09. The number of benzene rings is 2. The van der Waals surface area contributed by atoms with Gasteiger partial charge in [0, 0.05) is 23.4 Å². The second-order valence-corrected chi connectivity index (χ2v) is 9.08. The van der Waals surface area contributed by atoms with Crippen LogP contribution < -0.4 is 5.32 Å². The van der Waals surface area contributed by atoms with E-state index < -0.39 is 6.09 Å². The number of imide groups is 1. The lowest BCUT2D eigenvalue weighted by atomic mass is 10.1. The SMILES string of the molecule is CSC(CCCCN1C(=O)c2ccccc2C1=O)COC(=O)Nc1cc2cc(F)ccc2cn1. The molecule has 1 aliphatic heterocycles. The number of anilines is 1. The Labute approximate surface area is 200 Å². The number of carbonyl (C=O) groups excluding carboxylic acids is 3. The van der Waals surface area contributed by atoms with Gasteiger partial charge in [-0.1, -0.05) is 18.6 Å². The van der Waals surface area contributed by atoms with Gasteiger partial charge in [0.15, 0.2) is 0 Å². The van der Waals surface area contributed by atoms with Crippen molar-refractivity contribution in [3.05, 3.63) is 71.7 Å². The average Bonchev–Trinajstić information content (AvgIpc) is 3.08. The number of unbranched alkanes of at least 4 members (excludes halogenated alkanes) is 1. The van der Waals surface area contributed by atoms with Crippen LogP contribution in [-0.4, -0.2) is 52.4 Å². The van der Waals surface area contributed by atoms with E-state index in [0.29, 0.717) is 29.5 Å². The molecular formula is C25H24FN3O4S. The van der Waals surface area contributed by atoms with Crippen LogP contribution >= 0.6 is 11.8 Å². The van der Waals surface area contributed by atoms with Crippen LogP contribution in [0.25, 0.3) is 10.8 Å². The smallest absolute Gasteiger partial charge is 0.412 e. The molecule has 1 unspecified atom stereocenters. The number of hydrogen-bond donors (Lipinski definition) is 1. The number of aromatic nitrogens is 1. The van der Waals surface area contributed by atoms with E-state index in [2.05, 4.69) is 10.3 Å². The van der Waals surface area contributed by atoms with Crippen molar-refractivity contribution in [2.24, 2.45) is 0 Å². The summed E-state index contributed by atoms with van der Waals surface area (Å²) in [5.74, 6) is -0.568. The lowest BCUT2D eigenvalue weighted by Gasteiger charge is -2.17. The summed E-state index contributed by atoms with van der Waals surface area (Å²) in [5, 5.41) is 4.04. The molecule has 0 fully saturated rings. The van der Waals surface area contributed by atoms with Crippen LogP contribution in [0.3, 0.4) is 0 Å². The van der Waals surface area contributed by atoms with Crippen LogP contribution in [0.5, 0.6) is 0 Å². The van der Waals surface area contributed by atoms with Gasteiger partial charge in [-0.05, 0) is 60.9 Å². The number of pyridine rings is 1. The summed E-state index contributed by atoms with van der Waals surface area (Å²) >= 11 is 1.59. The zero-order chi connectivity index (χ0) is 24.1. The van der Waals surface area contributed by atoms with Crippen molar-refractivity contribution in [2.45, 2.75) is 24.5 Å². The van der Waals surface area contributed by atoms with E-state index in [1.807, 2.05) is 6.26 Å². The molecule has 7 nitrogen and oxygen atoms in total. The highest BCUT2D eigenvalue weighted by molar-refractivity contribution is 7.99. The highest BCUT2D eigenvalue weighted by Gasteiger charge is 2.34. The summed E-state index contributed by atoms with van der Waals surface area (Å²) in [6, 6.07) is 12.8. The molecule has 0 spiro atoms. The third kappa shape index (κ3) is 5.36. The molecule has 3 amide bonds. The first-order valence-corrected chi connectivity index (χ1v) is 12.2. The van der Waals surface area contributed by atoms with Crippen molar-refractivity contribution in [1.82, 2.24) is 9.88 Å². The van der Waals surface area contributed by atoms with E-state index >= 15 is 0 Å². The Bertz CT molecular complexity index is 1200. The molecule has 176 valence electrons. The Morgan fingerprint density at radius 2 is 1.82 bits per heavy atom. The molecule has 1 N–H and O–H groups in total. The molecule has 0 bridgehead atoms. The third-order valence-electron chi connectivity index (χ3n) is 5.68.